The molecule has 2 heterocycles. The van der Waals surface area contributed by atoms with Crippen LogP contribution in [0, 0.1) is 52.3 Å². The average molecular weight is 723 g/mol. The summed E-state index contributed by atoms with van der Waals surface area (Å²) >= 11 is 0. The number of carbonyl (C=O) groups is 1. The van der Waals surface area contributed by atoms with Gasteiger partial charge in [-0.05, 0) is 134 Å². The molecule has 0 bridgehead atoms. The van der Waals surface area contributed by atoms with Crippen molar-refractivity contribution in [2.24, 2.45) is 52.3 Å². The first-order valence-electron chi connectivity index (χ1n) is 20.7. The van der Waals surface area contributed by atoms with Crippen molar-refractivity contribution in [3.63, 3.8) is 0 Å². The second-order valence-corrected chi connectivity index (χ2v) is 18.2. The molecule has 286 valence electrons. The van der Waals surface area contributed by atoms with Gasteiger partial charge < -0.3 is 19.5 Å². The molecule has 8 nitrogen and oxygen atoms in total. The molecule has 0 radical (unpaired) electrons. The highest BCUT2D eigenvalue weighted by molar-refractivity contribution is 5.78. The van der Waals surface area contributed by atoms with E-state index in [0.717, 1.165) is 60.1 Å². The lowest BCUT2D eigenvalue weighted by Gasteiger charge is -2.61. The number of hydrogen-bond donors (Lipinski definition) is 1. The number of nitrogens with zero attached hydrogens (tertiary/aromatic N) is 3. The fraction of sp³-hybridized carbons (Fsp3) is 0.667. The van der Waals surface area contributed by atoms with Gasteiger partial charge in [0, 0.05) is 5.92 Å². The van der Waals surface area contributed by atoms with E-state index in [-0.39, 0.29) is 17.9 Å². The van der Waals surface area contributed by atoms with Crippen LogP contribution in [0.1, 0.15) is 109 Å². The zero-order valence-electron chi connectivity index (χ0n) is 32.7. The standard InChI is InChI=1S/C45H62N4O4/c1-29(43(50)46-25-34-27-49(48-47-34)26-31-12-15-35(51-5)16-13-31)11-18-40-30(2)42-41(53-40)24-39-37-17-14-33-23-36(52-28-32-9-7-6-8-10-32)19-21-44(33,3)38(37)20-22-45(39,42)4/h6-10,12-13,15-16,27,29-30,33,36-42H,11,14,17-26,28H2,1-5H3,(H,46,50)/t29-,30+,33+,36-,37+,38-,39-,40+,41-,42-,44-,45-/m0/s1. The van der Waals surface area contributed by atoms with Crippen LogP contribution in [0.15, 0.2) is 60.8 Å². The highest BCUT2D eigenvalue weighted by Gasteiger charge is 2.65. The quantitative estimate of drug-likeness (QED) is 0.202. The molecule has 4 saturated carbocycles. The van der Waals surface area contributed by atoms with Gasteiger partial charge in [-0.3, -0.25) is 4.79 Å². The highest BCUT2D eigenvalue weighted by Crippen LogP contribution is 2.70. The van der Waals surface area contributed by atoms with Gasteiger partial charge in [0.05, 0.1) is 51.3 Å². The van der Waals surface area contributed by atoms with Crippen LogP contribution in [0.5, 0.6) is 5.75 Å². The van der Waals surface area contributed by atoms with E-state index in [1.807, 2.05) is 30.5 Å². The molecule has 8 rings (SSSR count). The molecule has 1 aromatic heterocycles. The molecule has 53 heavy (non-hydrogen) atoms. The van der Waals surface area contributed by atoms with Crippen molar-refractivity contribution in [3.8, 4) is 5.75 Å². The fourth-order valence-electron chi connectivity index (χ4n) is 12.5. The first-order valence-corrected chi connectivity index (χ1v) is 20.7. The van der Waals surface area contributed by atoms with E-state index >= 15 is 0 Å². The third kappa shape index (κ3) is 7.19. The van der Waals surface area contributed by atoms with Gasteiger partial charge in [-0.1, -0.05) is 75.4 Å². The summed E-state index contributed by atoms with van der Waals surface area (Å²) in [6.45, 7) is 11.6. The Balaban J connectivity index is 0.806. The minimum Gasteiger partial charge on any atom is -0.497 e. The molecule has 0 spiro atoms. The van der Waals surface area contributed by atoms with Crippen LogP contribution in [0.4, 0.5) is 0 Å². The Morgan fingerprint density at radius 3 is 2.57 bits per heavy atom. The summed E-state index contributed by atoms with van der Waals surface area (Å²) in [6, 6.07) is 18.6. The number of benzene rings is 2. The SMILES string of the molecule is COc1ccc(Cn2cc(CNC(=O)[C@@H](C)CC[C@H]3O[C@H]4C[C@H]5[C@@H]6CC[C@@H]7C[C@@H](OCc8ccccc8)CC[C@]7(C)[C@H]6CC[C@]5(C)[C@H]4[C@@H]3C)nn2)cc1. The van der Waals surface area contributed by atoms with Gasteiger partial charge in [0.15, 0.2) is 0 Å². The number of rotatable bonds is 12. The van der Waals surface area contributed by atoms with Crippen molar-refractivity contribution in [1.82, 2.24) is 20.3 Å². The number of fused-ring (bicyclic) bond motifs is 7. The molecule has 1 aliphatic heterocycles. The molecule has 4 aliphatic carbocycles. The van der Waals surface area contributed by atoms with Crippen molar-refractivity contribution >= 4 is 5.91 Å². The van der Waals surface area contributed by atoms with Gasteiger partial charge in [-0.25, -0.2) is 4.68 Å². The van der Waals surface area contributed by atoms with Gasteiger partial charge in [0.25, 0.3) is 0 Å². The molecule has 3 aromatic rings. The molecule has 12 atom stereocenters. The number of hydrogen-bond acceptors (Lipinski definition) is 6. The second-order valence-electron chi connectivity index (χ2n) is 18.2. The summed E-state index contributed by atoms with van der Waals surface area (Å²) in [4.78, 5) is 13.1. The topological polar surface area (TPSA) is 87.5 Å². The van der Waals surface area contributed by atoms with Crippen molar-refractivity contribution < 1.29 is 19.0 Å². The van der Waals surface area contributed by atoms with Crippen LogP contribution in [-0.4, -0.2) is 46.3 Å². The number of ether oxygens (including phenoxy) is 3. The van der Waals surface area contributed by atoms with E-state index in [1.165, 1.54) is 56.9 Å². The predicted molar refractivity (Wildman–Crippen MR) is 206 cm³/mol. The van der Waals surface area contributed by atoms with Crippen molar-refractivity contribution in [2.45, 2.75) is 130 Å². The summed E-state index contributed by atoms with van der Waals surface area (Å²) in [5, 5.41) is 11.7. The zero-order valence-corrected chi connectivity index (χ0v) is 32.7. The third-order valence-corrected chi connectivity index (χ3v) is 15.4. The lowest BCUT2D eigenvalue weighted by molar-refractivity contribution is -0.139. The van der Waals surface area contributed by atoms with E-state index in [4.69, 9.17) is 14.2 Å². The molecule has 5 fully saturated rings. The Hall–Kier alpha value is -3.23. The van der Waals surface area contributed by atoms with Crippen LogP contribution < -0.4 is 10.1 Å². The summed E-state index contributed by atoms with van der Waals surface area (Å²) in [7, 11) is 1.67. The third-order valence-electron chi connectivity index (χ3n) is 15.4. The summed E-state index contributed by atoms with van der Waals surface area (Å²) in [5.41, 5.74) is 3.99. The van der Waals surface area contributed by atoms with E-state index in [0.29, 0.717) is 48.0 Å². The summed E-state index contributed by atoms with van der Waals surface area (Å²) < 4.78 is 20.6. The van der Waals surface area contributed by atoms with Gasteiger partial charge in [-0.2, -0.15) is 0 Å². The minimum atomic E-state index is -0.0749. The normalized spacial score (nSPS) is 36.5. The van der Waals surface area contributed by atoms with Gasteiger partial charge >= 0.3 is 0 Å². The van der Waals surface area contributed by atoms with Crippen molar-refractivity contribution in [3.05, 3.63) is 77.6 Å². The Morgan fingerprint density at radius 2 is 1.77 bits per heavy atom. The number of methoxy groups -OCH3 is 1. The Bertz CT molecular complexity index is 1700. The summed E-state index contributed by atoms with van der Waals surface area (Å²) in [6.07, 6.45) is 15.2. The first-order chi connectivity index (χ1) is 25.6. The lowest BCUT2D eigenvalue weighted by atomic mass is 9.44. The molecule has 0 unspecified atom stereocenters. The van der Waals surface area contributed by atoms with Crippen LogP contribution in [0.3, 0.4) is 0 Å². The smallest absolute Gasteiger partial charge is 0.223 e. The van der Waals surface area contributed by atoms with E-state index < -0.39 is 0 Å². The van der Waals surface area contributed by atoms with Crippen molar-refractivity contribution in [1.29, 1.82) is 0 Å². The maximum absolute atomic E-state index is 13.1. The Morgan fingerprint density at radius 1 is 0.981 bits per heavy atom. The minimum absolute atomic E-state index is 0.0749. The largest absolute Gasteiger partial charge is 0.497 e. The number of carbonyl (C=O) groups excluding carboxylic acids is 1. The molecule has 8 heteroatoms. The maximum Gasteiger partial charge on any atom is 0.223 e. The van der Waals surface area contributed by atoms with Gasteiger partial charge in [0.1, 0.15) is 11.4 Å². The van der Waals surface area contributed by atoms with Crippen LogP contribution in [0.25, 0.3) is 0 Å². The average Bonchev–Trinajstić information content (AvgIpc) is 3.85. The zero-order chi connectivity index (χ0) is 36.7. The van der Waals surface area contributed by atoms with E-state index in [9.17, 15) is 4.79 Å². The van der Waals surface area contributed by atoms with Gasteiger partial charge in [0.2, 0.25) is 5.91 Å². The second kappa shape index (κ2) is 15.1. The summed E-state index contributed by atoms with van der Waals surface area (Å²) in [5.74, 6) is 5.26. The van der Waals surface area contributed by atoms with Crippen molar-refractivity contribution in [2.75, 3.05) is 7.11 Å². The molecular formula is C45H62N4O4. The first kappa shape index (κ1) is 36.7. The molecule has 1 N–H and O–H groups in total. The number of nitrogens with one attached hydrogen (secondary N) is 1. The molecule has 5 aliphatic rings. The van der Waals surface area contributed by atoms with Gasteiger partial charge in [-0.15, -0.1) is 5.10 Å². The van der Waals surface area contributed by atoms with Crippen LogP contribution in [0.2, 0.25) is 0 Å². The van der Waals surface area contributed by atoms with E-state index in [2.05, 4.69) is 73.7 Å². The number of amides is 1. The maximum atomic E-state index is 13.1. The highest BCUT2D eigenvalue weighted by atomic mass is 16.5. The molecular weight excluding hydrogens is 661 g/mol. The number of aromatic nitrogens is 3. The monoisotopic (exact) mass is 722 g/mol. The molecule has 2 aromatic carbocycles. The fourth-order valence-corrected chi connectivity index (χ4v) is 12.5. The Labute approximate surface area is 317 Å². The van der Waals surface area contributed by atoms with Crippen LogP contribution >= 0.6 is 0 Å². The molecule has 1 saturated heterocycles. The van der Waals surface area contributed by atoms with E-state index in [1.54, 1.807) is 11.8 Å². The lowest BCUT2D eigenvalue weighted by Crippen LogP contribution is -2.54. The molecule has 1 amide bonds. The Kier molecular flexibility index (Phi) is 10.5. The predicted octanol–water partition coefficient (Wildman–Crippen LogP) is 8.63. The van der Waals surface area contributed by atoms with Crippen LogP contribution in [-0.2, 0) is 34.0 Å².